The average Bonchev–Trinajstić information content (AvgIpc) is 3.28. The Hall–Kier alpha value is -2.70. The van der Waals surface area contributed by atoms with Gasteiger partial charge < -0.3 is 4.90 Å². The van der Waals surface area contributed by atoms with E-state index >= 15 is 0 Å². The summed E-state index contributed by atoms with van der Waals surface area (Å²) in [4.78, 5) is 10.2. The van der Waals surface area contributed by atoms with Crippen molar-refractivity contribution < 1.29 is 21.6 Å². The van der Waals surface area contributed by atoms with Gasteiger partial charge in [-0.2, -0.15) is 22.6 Å². The zero-order valence-corrected chi connectivity index (χ0v) is 18.4. The van der Waals surface area contributed by atoms with Crippen molar-refractivity contribution in [2.24, 2.45) is 0 Å². The second-order valence-corrected chi connectivity index (χ2v) is 9.46. The third-order valence-electron chi connectivity index (χ3n) is 4.99. The molecule has 0 radical (unpaired) electrons. The fourth-order valence-corrected chi connectivity index (χ4v) is 5.08. The fraction of sp³-hybridized carbons (Fsp3) is 0.316. The van der Waals surface area contributed by atoms with Gasteiger partial charge in [-0.05, 0) is 31.2 Å². The molecule has 0 N–H and O–H groups in total. The van der Waals surface area contributed by atoms with Gasteiger partial charge in [-0.25, -0.2) is 23.1 Å². The van der Waals surface area contributed by atoms with Gasteiger partial charge in [0.15, 0.2) is 5.82 Å². The summed E-state index contributed by atoms with van der Waals surface area (Å²) < 4.78 is 68.1. The SMILES string of the molecule is Cc1nc(N2CCN(S(=O)(=O)c3ccc(Cl)c(C(F)(F)F)c3)CC2)cc(-n2cccn2)n1. The maximum atomic E-state index is 13.1. The molecule has 2 aromatic heterocycles. The summed E-state index contributed by atoms with van der Waals surface area (Å²) >= 11 is 5.61. The number of nitrogens with zero attached hydrogens (tertiary/aromatic N) is 6. The number of aryl methyl sites for hydroxylation is 1. The topological polar surface area (TPSA) is 84.2 Å². The Labute approximate surface area is 187 Å². The van der Waals surface area contributed by atoms with Gasteiger partial charge in [0.1, 0.15) is 11.6 Å². The van der Waals surface area contributed by atoms with Crippen molar-refractivity contribution in [3.63, 3.8) is 0 Å². The largest absolute Gasteiger partial charge is 0.417 e. The Balaban J connectivity index is 1.53. The molecule has 1 saturated heterocycles. The first-order valence-corrected chi connectivity index (χ1v) is 11.3. The van der Waals surface area contributed by atoms with Gasteiger partial charge in [0.25, 0.3) is 0 Å². The molecule has 4 rings (SSSR count). The number of hydrogen-bond donors (Lipinski definition) is 0. The highest BCUT2D eigenvalue weighted by molar-refractivity contribution is 7.89. The van der Waals surface area contributed by atoms with Gasteiger partial charge >= 0.3 is 6.18 Å². The highest BCUT2D eigenvalue weighted by atomic mass is 35.5. The number of rotatable bonds is 4. The van der Waals surface area contributed by atoms with E-state index in [0.29, 0.717) is 36.6 Å². The van der Waals surface area contributed by atoms with Gasteiger partial charge in [0, 0.05) is 44.6 Å². The van der Waals surface area contributed by atoms with Crippen LogP contribution in [-0.2, 0) is 16.2 Å². The van der Waals surface area contributed by atoms with Gasteiger partial charge in [0.05, 0.1) is 15.5 Å². The molecule has 3 heterocycles. The zero-order valence-electron chi connectivity index (χ0n) is 16.8. The normalized spacial score (nSPS) is 15.8. The van der Waals surface area contributed by atoms with Crippen LogP contribution in [0.1, 0.15) is 11.4 Å². The Bertz CT molecular complexity index is 1230. The van der Waals surface area contributed by atoms with Crippen molar-refractivity contribution in [2.45, 2.75) is 18.0 Å². The van der Waals surface area contributed by atoms with Crippen LogP contribution in [0.25, 0.3) is 5.82 Å². The van der Waals surface area contributed by atoms with Crippen LogP contribution < -0.4 is 4.90 Å². The fourth-order valence-electron chi connectivity index (χ4n) is 3.41. The third-order valence-corrected chi connectivity index (χ3v) is 7.22. The van der Waals surface area contributed by atoms with Crippen LogP contribution in [0.3, 0.4) is 0 Å². The molecule has 0 bridgehead atoms. The maximum absolute atomic E-state index is 13.1. The maximum Gasteiger partial charge on any atom is 0.417 e. The molecule has 1 aliphatic heterocycles. The van der Waals surface area contributed by atoms with Crippen molar-refractivity contribution in [1.29, 1.82) is 0 Å². The first-order chi connectivity index (χ1) is 15.1. The molecule has 170 valence electrons. The Kier molecular flexibility index (Phi) is 5.86. The summed E-state index contributed by atoms with van der Waals surface area (Å²) in [5.74, 6) is 1.73. The minimum absolute atomic E-state index is 0.0897. The summed E-state index contributed by atoms with van der Waals surface area (Å²) in [6.45, 7) is 2.55. The first-order valence-electron chi connectivity index (χ1n) is 9.53. The monoisotopic (exact) mass is 486 g/mol. The van der Waals surface area contributed by atoms with E-state index in [1.807, 2.05) is 4.90 Å². The summed E-state index contributed by atoms with van der Waals surface area (Å²) in [6.07, 6.45) is -1.38. The number of aromatic nitrogens is 4. The van der Waals surface area contributed by atoms with Crippen LogP contribution in [0.2, 0.25) is 5.02 Å². The molecule has 8 nitrogen and oxygen atoms in total. The summed E-state index contributed by atoms with van der Waals surface area (Å²) in [5, 5.41) is 3.61. The van der Waals surface area contributed by atoms with Gasteiger partial charge in [-0.3, -0.25) is 0 Å². The smallest absolute Gasteiger partial charge is 0.354 e. The minimum atomic E-state index is -4.75. The van der Waals surface area contributed by atoms with Gasteiger partial charge in [-0.15, -0.1) is 0 Å². The predicted molar refractivity (Wildman–Crippen MR) is 111 cm³/mol. The lowest BCUT2D eigenvalue weighted by atomic mass is 10.2. The number of halogens is 4. The van der Waals surface area contributed by atoms with E-state index in [9.17, 15) is 21.6 Å². The second-order valence-electron chi connectivity index (χ2n) is 7.11. The molecule has 1 aromatic carbocycles. The van der Waals surface area contributed by atoms with Gasteiger partial charge in [0.2, 0.25) is 10.0 Å². The lowest BCUT2D eigenvalue weighted by molar-refractivity contribution is -0.137. The third kappa shape index (κ3) is 4.43. The molecule has 1 aliphatic rings. The lowest BCUT2D eigenvalue weighted by Gasteiger charge is -2.34. The molecule has 0 aliphatic carbocycles. The quantitative estimate of drug-likeness (QED) is 0.563. The highest BCUT2D eigenvalue weighted by Crippen LogP contribution is 2.36. The van der Waals surface area contributed by atoms with Crippen LogP contribution in [0, 0.1) is 6.92 Å². The van der Waals surface area contributed by atoms with Crippen LogP contribution in [0.5, 0.6) is 0 Å². The van der Waals surface area contributed by atoms with Crippen molar-refractivity contribution in [3.05, 3.63) is 59.1 Å². The number of benzene rings is 1. The summed E-state index contributed by atoms with van der Waals surface area (Å²) in [7, 11) is -4.12. The minimum Gasteiger partial charge on any atom is -0.354 e. The number of sulfonamides is 1. The lowest BCUT2D eigenvalue weighted by Crippen LogP contribution is -2.49. The number of alkyl halides is 3. The van der Waals surface area contributed by atoms with E-state index in [0.717, 1.165) is 16.4 Å². The van der Waals surface area contributed by atoms with E-state index < -0.39 is 31.7 Å². The zero-order chi connectivity index (χ0) is 23.1. The molecule has 13 heteroatoms. The Morgan fingerprint density at radius 3 is 2.34 bits per heavy atom. The molecule has 0 spiro atoms. The van der Waals surface area contributed by atoms with E-state index in [-0.39, 0.29) is 13.1 Å². The molecule has 0 amide bonds. The standard InChI is InChI=1S/C19H18ClF3N6O2S/c1-13-25-17(12-18(26-13)29-6-2-5-24-29)27-7-9-28(10-8-27)32(30,31)14-3-4-16(20)15(11-14)19(21,22)23/h2-6,11-12H,7-10H2,1H3. The van der Waals surface area contributed by atoms with Crippen molar-refractivity contribution >= 4 is 27.4 Å². The van der Waals surface area contributed by atoms with Crippen molar-refractivity contribution in [2.75, 3.05) is 31.1 Å². The van der Waals surface area contributed by atoms with Gasteiger partial charge in [-0.1, -0.05) is 11.6 Å². The average molecular weight is 487 g/mol. The van der Waals surface area contributed by atoms with E-state index in [1.54, 1.807) is 36.1 Å². The van der Waals surface area contributed by atoms with Crippen molar-refractivity contribution in [3.8, 4) is 5.82 Å². The molecule has 32 heavy (non-hydrogen) atoms. The summed E-state index contributed by atoms with van der Waals surface area (Å²) in [6, 6.07) is 6.13. The number of piperazine rings is 1. The van der Waals surface area contributed by atoms with Crippen LogP contribution in [-0.4, -0.2) is 58.7 Å². The molecular formula is C19H18ClF3N6O2S. The van der Waals surface area contributed by atoms with E-state index in [4.69, 9.17) is 11.6 Å². The predicted octanol–water partition coefficient (Wildman–Crippen LogP) is 3.15. The molecule has 0 saturated carbocycles. The molecule has 3 aromatic rings. The van der Waals surface area contributed by atoms with Crippen molar-refractivity contribution in [1.82, 2.24) is 24.1 Å². The molecule has 1 fully saturated rings. The van der Waals surface area contributed by atoms with E-state index in [2.05, 4.69) is 15.1 Å². The van der Waals surface area contributed by atoms with Crippen LogP contribution in [0.4, 0.5) is 19.0 Å². The Morgan fingerprint density at radius 2 is 1.72 bits per heavy atom. The second kappa shape index (κ2) is 8.34. The number of anilines is 1. The molecule has 0 unspecified atom stereocenters. The van der Waals surface area contributed by atoms with Crippen LogP contribution in [0.15, 0.2) is 47.6 Å². The highest BCUT2D eigenvalue weighted by Gasteiger charge is 2.36. The molecule has 0 atom stereocenters. The molecular weight excluding hydrogens is 469 g/mol. The van der Waals surface area contributed by atoms with Crippen LogP contribution >= 0.6 is 11.6 Å². The first kappa shape index (κ1) is 22.5. The summed E-state index contributed by atoms with van der Waals surface area (Å²) in [5.41, 5.74) is -1.18. The Morgan fingerprint density at radius 1 is 1.03 bits per heavy atom. The number of hydrogen-bond acceptors (Lipinski definition) is 6. The van der Waals surface area contributed by atoms with E-state index in [1.165, 1.54) is 0 Å².